The summed E-state index contributed by atoms with van der Waals surface area (Å²) in [5.41, 5.74) is 5.26. The second kappa shape index (κ2) is 17.4. The number of nitrogens with zero attached hydrogens (tertiary/aromatic N) is 3. The molecular formula is C42H49FN6O3. The van der Waals surface area contributed by atoms with Gasteiger partial charge in [0.05, 0.1) is 6.04 Å². The Hall–Kier alpha value is -5.06. The third-order valence-electron chi connectivity index (χ3n) is 10.1. The van der Waals surface area contributed by atoms with Gasteiger partial charge in [0.15, 0.2) is 0 Å². The zero-order chi connectivity index (χ0) is 36.5. The van der Waals surface area contributed by atoms with Crippen LogP contribution in [0.25, 0.3) is 0 Å². The van der Waals surface area contributed by atoms with Crippen LogP contribution in [0.15, 0.2) is 103 Å². The molecule has 6 rings (SSSR count). The number of amides is 3. The Morgan fingerprint density at radius 2 is 1.37 bits per heavy atom. The van der Waals surface area contributed by atoms with Gasteiger partial charge in [0.2, 0.25) is 17.7 Å². The number of benzene rings is 4. The normalized spacial score (nSPS) is 17.6. The maximum atomic E-state index is 14.1. The summed E-state index contributed by atoms with van der Waals surface area (Å²) >= 11 is 0. The number of halogens is 1. The maximum Gasteiger partial charge on any atom is 0.247 e. The predicted octanol–water partition coefficient (Wildman–Crippen LogP) is 6.74. The molecule has 9 nitrogen and oxygen atoms in total. The van der Waals surface area contributed by atoms with Crippen LogP contribution in [0.4, 0.5) is 21.5 Å². The maximum absolute atomic E-state index is 14.1. The lowest BCUT2D eigenvalue weighted by Gasteiger charge is -2.34. The fraction of sp³-hybridized carbons (Fsp3) is 0.357. The topological polar surface area (TPSA) is 97.0 Å². The van der Waals surface area contributed by atoms with Crippen LogP contribution in [0, 0.1) is 5.82 Å². The summed E-state index contributed by atoms with van der Waals surface area (Å²) in [7, 11) is 0. The van der Waals surface area contributed by atoms with Crippen molar-refractivity contribution in [1.82, 2.24) is 15.1 Å². The molecule has 2 saturated heterocycles. The van der Waals surface area contributed by atoms with E-state index in [-0.39, 0.29) is 29.6 Å². The van der Waals surface area contributed by atoms with Gasteiger partial charge >= 0.3 is 0 Å². The molecule has 3 amide bonds. The van der Waals surface area contributed by atoms with Crippen molar-refractivity contribution in [2.45, 2.75) is 70.7 Å². The molecular weight excluding hydrogens is 655 g/mol. The summed E-state index contributed by atoms with van der Waals surface area (Å²) in [5.74, 6) is -0.535. The lowest BCUT2D eigenvalue weighted by atomic mass is 10.0. The minimum atomic E-state index is -0.540. The minimum Gasteiger partial charge on any atom is -0.363 e. The molecule has 0 bridgehead atoms. The van der Waals surface area contributed by atoms with E-state index in [9.17, 15) is 18.8 Å². The minimum absolute atomic E-state index is 0.0149. The second-order valence-corrected chi connectivity index (χ2v) is 13.6. The third-order valence-corrected chi connectivity index (χ3v) is 10.1. The summed E-state index contributed by atoms with van der Waals surface area (Å²) in [5, 5.41) is 9.29. The van der Waals surface area contributed by atoms with Gasteiger partial charge in [0.1, 0.15) is 17.9 Å². The van der Waals surface area contributed by atoms with Crippen molar-refractivity contribution in [2.24, 2.45) is 0 Å². The van der Waals surface area contributed by atoms with Crippen molar-refractivity contribution in [2.75, 3.05) is 41.7 Å². The number of hydrogen-bond acceptors (Lipinski definition) is 6. The van der Waals surface area contributed by atoms with Gasteiger partial charge in [-0.05, 0) is 111 Å². The average molecular weight is 705 g/mol. The van der Waals surface area contributed by atoms with E-state index in [0.29, 0.717) is 31.7 Å². The number of hydrogen-bond donors (Lipinski definition) is 3. The fourth-order valence-electron chi connectivity index (χ4n) is 7.28. The Kier molecular flexibility index (Phi) is 12.3. The quantitative estimate of drug-likeness (QED) is 0.135. The molecule has 2 aliphatic rings. The molecule has 0 radical (unpaired) electrons. The molecule has 2 aliphatic heterocycles. The standard InChI is InChI=1S/C42H49FN6O3/c1-3-47(4-2)39(32-10-6-5-7-11-32)42(52)49-27-9-13-38(49)41(51)46-35-22-16-31(17-23-35)29-48(36-24-18-33(43)19-25-36)28-30-14-20-34(21-15-30)45-40(50)37-12-8-26-44-37/h5-7,10-11,14-25,37-39,44H,3-4,8-9,12-13,26-29H2,1-2H3,(H,45,50)(H,46,51)/t37-,38-,39+/m0/s1. The first-order chi connectivity index (χ1) is 25.3. The highest BCUT2D eigenvalue weighted by atomic mass is 19.1. The van der Waals surface area contributed by atoms with E-state index in [4.69, 9.17) is 0 Å². The Morgan fingerprint density at radius 3 is 1.92 bits per heavy atom. The second-order valence-electron chi connectivity index (χ2n) is 13.6. The Balaban J connectivity index is 1.11. The third kappa shape index (κ3) is 9.05. The van der Waals surface area contributed by atoms with Gasteiger partial charge < -0.3 is 25.8 Å². The van der Waals surface area contributed by atoms with E-state index in [1.165, 1.54) is 12.1 Å². The lowest BCUT2D eigenvalue weighted by molar-refractivity contribution is -0.141. The number of anilines is 3. The number of nitrogens with one attached hydrogen (secondary N) is 3. The van der Waals surface area contributed by atoms with Crippen molar-refractivity contribution < 1.29 is 18.8 Å². The van der Waals surface area contributed by atoms with Gasteiger partial charge in [-0.2, -0.15) is 0 Å². The van der Waals surface area contributed by atoms with Crippen LogP contribution in [0.1, 0.15) is 62.3 Å². The van der Waals surface area contributed by atoms with E-state index in [1.54, 1.807) is 17.0 Å². The lowest BCUT2D eigenvalue weighted by Crippen LogP contribution is -2.48. The SMILES string of the molecule is CCN(CC)[C@@H](C(=O)N1CCC[C@H]1C(=O)Nc1ccc(CN(Cc2ccc(NC(=O)[C@@H]3CCCN3)cc2)c2ccc(F)cc2)cc1)c1ccccc1. The Morgan fingerprint density at radius 1 is 0.769 bits per heavy atom. The fourth-order valence-corrected chi connectivity index (χ4v) is 7.28. The first-order valence-electron chi connectivity index (χ1n) is 18.5. The van der Waals surface area contributed by atoms with Crippen LogP contribution in [0.3, 0.4) is 0 Å². The summed E-state index contributed by atoms with van der Waals surface area (Å²) < 4.78 is 13.9. The first-order valence-corrected chi connectivity index (χ1v) is 18.5. The molecule has 4 aromatic carbocycles. The van der Waals surface area contributed by atoms with Gasteiger partial charge in [0.25, 0.3) is 0 Å². The van der Waals surface area contributed by atoms with Crippen LogP contribution in [-0.4, -0.2) is 65.8 Å². The molecule has 0 aromatic heterocycles. The summed E-state index contributed by atoms with van der Waals surface area (Å²) in [6, 6.07) is 30.7. The number of carbonyl (C=O) groups is 3. The highest BCUT2D eigenvalue weighted by molar-refractivity contribution is 5.98. The molecule has 2 heterocycles. The van der Waals surface area contributed by atoms with Crippen LogP contribution in [0.5, 0.6) is 0 Å². The highest BCUT2D eigenvalue weighted by Crippen LogP contribution is 2.29. The number of likely N-dealkylation sites (tertiary alicyclic amines) is 1. The summed E-state index contributed by atoms with van der Waals surface area (Å²) in [6.07, 6.45) is 3.24. The summed E-state index contributed by atoms with van der Waals surface area (Å²) in [4.78, 5) is 46.3. The molecule has 0 spiro atoms. The van der Waals surface area contributed by atoms with E-state index >= 15 is 0 Å². The van der Waals surface area contributed by atoms with Gasteiger partial charge in [-0.1, -0.05) is 68.4 Å². The van der Waals surface area contributed by atoms with Crippen LogP contribution < -0.4 is 20.9 Å². The largest absolute Gasteiger partial charge is 0.363 e. The molecule has 2 fully saturated rings. The van der Waals surface area contributed by atoms with Crippen molar-refractivity contribution in [3.63, 3.8) is 0 Å². The molecule has 4 aromatic rings. The van der Waals surface area contributed by atoms with E-state index in [2.05, 4.69) is 39.6 Å². The highest BCUT2D eigenvalue weighted by Gasteiger charge is 2.39. The van der Waals surface area contributed by atoms with Gasteiger partial charge in [-0.25, -0.2) is 4.39 Å². The smallest absolute Gasteiger partial charge is 0.247 e. The van der Waals surface area contributed by atoms with Crippen LogP contribution >= 0.6 is 0 Å². The van der Waals surface area contributed by atoms with Crippen molar-refractivity contribution in [3.8, 4) is 0 Å². The van der Waals surface area contributed by atoms with Crippen molar-refractivity contribution >= 4 is 34.8 Å². The zero-order valence-electron chi connectivity index (χ0n) is 30.1. The number of rotatable bonds is 14. The molecule has 10 heteroatoms. The molecule has 3 atom stereocenters. The van der Waals surface area contributed by atoms with Gasteiger partial charge in [0, 0.05) is 36.7 Å². The monoisotopic (exact) mass is 704 g/mol. The molecule has 0 aliphatic carbocycles. The summed E-state index contributed by atoms with van der Waals surface area (Å²) in [6.45, 7) is 8.08. The zero-order valence-corrected chi connectivity index (χ0v) is 30.1. The molecule has 52 heavy (non-hydrogen) atoms. The van der Waals surface area contributed by atoms with Gasteiger partial charge in [-0.15, -0.1) is 0 Å². The first kappa shape index (κ1) is 36.7. The molecule has 0 unspecified atom stereocenters. The number of likely N-dealkylation sites (N-methyl/N-ethyl adjacent to an activating group) is 1. The van der Waals surface area contributed by atoms with E-state index < -0.39 is 12.1 Å². The van der Waals surface area contributed by atoms with E-state index in [1.807, 2.05) is 78.9 Å². The predicted molar refractivity (Wildman–Crippen MR) is 204 cm³/mol. The molecule has 0 saturated carbocycles. The Bertz CT molecular complexity index is 1780. The van der Waals surface area contributed by atoms with E-state index in [0.717, 1.165) is 67.0 Å². The van der Waals surface area contributed by atoms with Crippen molar-refractivity contribution in [3.05, 3.63) is 126 Å². The molecule has 272 valence electrons. The average Bonchev–Trinajstić information content (AvgIpc) is 3.90. The Labute approximate surface area is 306 Å². The van der Waals surface area contributed by atoms with Crippen LogP contribution in [0.2, 0.25) is 0 Å². The molecule has 3 N–H and O–H groups in total. The van der Waals surface area contributed by atoms with Crippen LogP contribution in [-0.2, 0) is 27.5 Å². The van der Waals surface area contributed by atoms with Crippen molar-refractivity contribution in [1.29, 1.82) is 0 Å². The van der Waals surface area contributed by atoms with Gasteiger partial charge in [-0.3, -0.25) is 19.3 Å². The number of carbonyl (C=O) groups excluding carboxylic acids is 3.